The van der Waals surface area contributed by atoms with E-state index in [0.29, 0.717) is 25.3 Å². The van der Waals surface area contributed by atoms with Gasteiger partial charge < -0.3 is 26.8 Å². The highest BCUT2D eigenvalue weighted by atomic mass is 32.1. The van der Waals surface area contributed by atoms with Gasteiger partial charge in [0.1, 0.15) is 12.6 Å². The van der Waals surface area contributed by atoms with Crippen LogP contribution < -0.4 is 22.1 Å². The van der Waals surface area contributed by atoms with E-state index in [2.05, 4.69) is 22.2 Å². The average molecular weight is 426 g/mol. The van der Waals surface area contributed by atoms with Crippen molar-refractivity contribution in [2.45, 2.75) is 45.4 Å². The highest BCUT2D eigenvalue weighted by Crippen LogP contribution is 2.05. The van der Waals surface area contributed by atoms with Gasteiger partial charge in [-0.3, -0.25) is 9.79 Å². The fourth-order valence-corrected chi connectivity index (χ4v) is 2.24. The summed E-state index contributed by atoms with van der Waals surface area (Å²) in [5, 5.41) is 5.53. The van der Waals surface area contributed by atoms with Crippen molar-refractivity contribution >= 4 is 31.3 Å². The molecule has 2 atom stereocenters. The van der Waals surface area contributed by atoms with Gasteiger partial charge in [0.15, 0.2) is 5.96 Å². The maximum absolute atomic E-state index is 12.3. The van der Waals surface area contributed by atoms with E-state index in [1.807, 2.05) is 30.3 Å². The number of nitrogens with two attached hydrogens (primary N) is 2. The van der Waals surface area contributed by atoms with Crippen LogP contribution in [0.15, 0.2) is 48.0 Å². The molecule has 164 valence electrons. The Hall–Kier alpha value is -2.52. The van der Waals surface area contributed by atoms with Crippen molar-refractivity contribution in [3.8, 4) is 0 Å². The number of hydrogen-bond donors (Lipinski definition) is 4. The summed E-state index contributed by atoms with van der Waals surface area (Å²) >= 11 is 0. The Morgan fingerprint density at radius 3 is 2.55 bits per heavy atom. The quantitative estimate of drug-likeness (QED) is 0.138. The molecule has 0 saturated heterocycles. The van der Waals surface area contributed by atoms with Crippen molar-refractivity contribution < 1.29 is 14.3 Å². The van der Waals surface area contributed by atoms with Crippen LogP contribution in [0.2, 0.25) is 0 Å². The first-order valence-electron chi connectivity index (χ1n) is 8.81. The number of carbonyl (C=O) groups is 2. The molecule has 29 heavy (non-hydrogen) atoms. The molecule has 1 aromatic rings. The Balaban J connectivity index is 0. The zero-order valence-electron chi connectivity index (χ0n) is 16.2. The first-order chi connectivity index (χ1) is 13.0. The number of benzene rings is 1. The van der Waals surface area contributed by atoms with Crippen molar-refractivity contribution in [3.05, 3.63) is 48.6 Å². The van der Waals surface area contributed by atoms with Gasteiger partial charge in [-0.05, 0) is 24.8 Å². The van der Waals surface area contributed by atoms with Crippen molar-refractivity contribution in [2.24, 2.45) is 16.5 Å². The Morgan fingerprint density at radius 2 is 1.97 bits per heavy atom. The maximum atomic E-state index is 12.3. The monoisotopic (exact) mass is 425 g/mol. The summed E-state index contributed by atoms with van der Waals surface area (Å²) in [5.41, 5.74) is 12.3. The van der Waals surface area contributed by atoms with Crippen LogP contribution >= 0.6 is 13.5 Å². The largest absolute Gasteiger partial charge is 0.459 e. The Morgan fingerprint density at radius 1 is 1.31 bits per heavy atom. The lowest BCUT2D eigenvalue weighted by atomic mass is 10.1. The second kappa shape index (κ2) is 16.4. The van der Waals surface area contributed by atoms with Crippen LogP contribution in [-0.2, 0) is 20.9 Å². The van der Waals surface area contributed by atoms with E-state index < -0.39 is 24.0 Å². The lowest BCUT2D eigenvalue weighted by Gasteiger charge is -2.19. The zero-order chi connectivity index (χ0) is 20.1. The lowest BCUT2D eigenvalue weighted by Crippen LogP contribution is -2.49. The summed E-state index contributed by atoms with van der Waals surface area (Å²) < 4.78 is 5.28. The van der Waals surface area contributed by atoms with Crippen LogP contribution in [0.1, 0.15) is 32.3 Å². The highest BCUT2D eigenvalue weighted by Gasteiger charge is 2.23. The number of ether oxygens (including phenoxy) is 1. The number of aliphatic imine (C=N–C) groups is 1. The van der Waals surface area contributed by atoms with Crippen molar-refractivity contribution in [1.82, 2.24) is 10.6 Å². The SMILES string of the molecule is C.C=CC[C@H](NC(=O)[C@H](N)CCCNC(N)=NC)C(=O)OCc1ccccc1.S. The van der Waals surface area contributed by atoms with E-state index in [0.717, 1.165) is 5.56 Å². The minimum Gasteiger partial charge on any atom is -0.459 e. The molecular weight excluding hydrogens is 390 g/mol. The van der Waals surface area contributed by atoms with Gasteiger partial charge in [0.05, 0.1) is 6.04 Å². The number of carbonyl (C=O) groups excluding carboxylic acids is 2. The Bertz CT molecular complexity index is 640. The molecule has 1 amide bonds. The van der Waals surface area contributed by atoms with Crippen LogP contribution in [0.4, 0.5) is 0 Å². The minimum atomic E-state index is -0.814. The lowest BCUT2D eigenvalue weighted by molar-refractivity contribution is -0.149. The zero-order valence-corrected chi connectivity index (χ0v) is 17.2. The molecule has 6 N–H and O–H groups in total. The molecule has 0 aliphatic carbocycles. The summed E-state index contributed by atoms with van der Waals surface area (Å²) in [6.07, 6.45) is 2.89. The number of guanidine groups is 1. The topological polar surface area (TPSA) is 132 Å². The molecule has 1 aromatic carbocycles. The van der Waals surface area contributed by atoms with Crippen LogP contribution in [-0.4, -0.2) is 43.5 Å². The van der Waals surface area contributed by atoms with Gasteiger partial charge in [-0.1, -0.05) is 43.8 Å². The highest BCUT2D eigenvalue weighted by molar-refractivity contribution is 7.59. The van der Waals surface area contributed by atoms with Crippen LogP contribution in [0.3, 0.4) is 0 Å². The van der Waals surface area contributed by atoms with E-state index in [-0.39, 0.29) is 34.0 Å². The predicted molar refractivity (Wildman–Crippen MR) is 123 cm³/mol. The summed E-state index contributed by atoms with van der Waals surface area (Å²) in [4.78, 5) is 28.3. The molecule has 0 aliphatic heterocycles. The van der Waals surface area contributed by atoms with E-state index in [1.54, 1.807) is 13.1 Å². The first kappa shape index (κ1) is 28.7. The second-order valence-corrected chi connectivity index (χ2v) is 5.96. The molecule has 0 bridgehead atoms. The molecule has 0 fully saturated rings. The summed E-state index contributed by atoms with van der Waals surface area (Å²) in [6, 6.07) is 7.77. The third-order valence-electron chi connectivity index (χ3n) is 3.80. The van der Waals surface area contributed by atoms with Gasteiger partial charge in [0.25, 0.3) is 0 Å². The molecule has 0 unspecified atom stereocenters. The summed E-state index contributed by atoms with van der Waals surface area (Å²) in [6.45, 7) is 4.31. The summed E-state index contributed by atoms with van der Waals surface area (Å²) in [7, 11) is 1.58. The number of esters is 1. The molecule has 0 aliphatic rings. The van der Waals surface area contributed by atoms with E-state index in [9.17, 15) is 9.59 Å². The minimum absolute atomic E-state index is 0. The van der Waals surface area contributed by atoms with Crippen molar-refractivity contribution in [3.63, 3.8) is 0 Å². The number of rotatable bonds is 11. The fraction of sp³-hybridized carbons (Fsp3) is 0.450. The molecule has 0 spiro atoms. The van der Waals surface area contributed by atoms with Crippen LogP contribution in [0.5, 0.6) is 0 Å². The van der Waals surface area contributed by atoms with Crippen LogP contribution in [0, 0.1) is 0 Å². The molecule has 1 rings (SSSR count). The van der Waals surface area contributed by atoms with E-state index >= 15 is 0 Å². The maximum Gasteiger partial charge on any atom is 0.329 e. The molecule has 8 nitrogen and oxygen atoms in total. The number of amides is 1. The fourth-order valence-electron chi connectivity index (χ4n) is 2.24. The summed E-state index contributed by atoms with van der Waals surface area (Å²) in [5.74, 6) is -0.594. The number of hydrogen-bond acceptors (Lipinski definition) is 5. The van der Waals surface area contributed by atoms with Gasteiger partial charge in [-0.25, -0.2) is 4.79 Å². The van der Waals surface area contributed by atoms with Gasteiger partial charge in [-0.15, -0.1) is 6.58 Å². The molecular formula is C20H35N5O3S. The molecule has 0 heterocycles. The Labute approximate surface area is 180 Å². The van der Waals surface area contributed by atoms with Gasteiger partial charge >= 0.3 is 5.97 Å². The van der Waals surface area contributed by atoms with Gasteiger partial charge in [0.2, 0.25) is 5.91 Å². The normalized spacial score (nSPS) is 12.4. The first-order valence-corrected chi connectivity index (χ1v) is 8.81. The van der Waals surface area contributed by atoms with Crippen molar-refractivity contribution in [2.75, 3.05) is 13.6 Å². The van der Waals surface area contributed by atoms with Gasteiger partial charge in [-0.2, -0.15) is 13.5 Å². The van der Waals surface area contributed by atoms with Gasteiger partial charge in [0, 0.05) is 13.6 Å². The molecule has 9 heteroatoms. The average Bonchev–Trinajstić information content (AvgIpc) is 2.69. The predicted octanol–water partition coefficient (Wildman–Crippen LogP) is 1.18. The standard InChI is InChI=1S/C19H29N5O3.CH4.H2S/c1-3-8-16(18(26)27-13-14-9-5-4-6-10-14)24-17(25)15(20)11-7-12-23-19(21)22-2;;/h3-6,9-10,15-16H,1,7-8,11-13,20H2,2H3,(H,24,25)(H3,21,22,23);1H4;1H2/t15-,16+;;/m1../s1. The number of nitrogens with zero attached hydrogens (tertiary/aromatic N) is 1. The van der Waals surface area contributed by atoms with E-state index in [1.165, 1.54) is 0 Å². The third kappa shape index (κ3) is 11.8. The molecule has 0 aromatic heterocycles. The smallest absolute Gasteiger partial charge is 0.329 e. The molecule has 0 saturated carbocycles. The number of nitrogens with one attached hydrogen (secondary N) is 2. The molecule has 0 radical (unpaired) electrons. The van der Waals surface area contributed by atoms with Crippen LogP contribution in [0.25, 0.3) is 0 Å². The Kier molecular flexibility index (Phi) is 16.3. The van der Waals surface area contributed by atoms with Crippen molar-refractivity contribution in [1.29, 1.82) is 0 Å². The third-order valence-corrected chi connectivity index (χ3v) is 3.80. The second-order valence-electron chi connectivity index (χ2n) is 5.96. The van der Waals surface area contributed by atoms with E-state index in [4.69, 9.17) is 16.2 Å².